The van der Waals surface area contributed by atoms with Crippen LogP contribution in [0.2, 0.25) is 0 Å². The Morgan fingerprint density at radius 2 is 0.923 bits per heavy atom. The molecule has 0 aliphatic carbocycles. The third-order valence-corrected chi connectivity index (χ3v) is 12.5. The monoisotopic (exact) mass is 831 g/mol. The third-order valence-electron chi connectivity index (χ3n) is 12.5. The van der Waals surface area contributed by atoms with Gasteiger partial charge in [0.15, 0.2) is 0 Å². The van der Waals surface area contributed by atoms with Gasteiger partial charge in [0.25, 0.3) is 0 Å². The van der Waals surface area contributed by atoms with E-state index < -0.39 is 0 Å². The van der Waals surface area contributed by atoms with Crippen LogP contribution in [0.15, 0.2) is 243 Å². The molecule has 0 aliphatic heterocycles. The molecule has 0 amide bonds. The lowest BCUT2D eigenvalue weighted by atomic mass is 9.92. The zero-order chi connectivity index (χ0) is 43.5. The normalized spacial score (nSPS) is 11.1. The van der Waals surface area contributed by atoms with Crippen molar-refractivity contribution in [2.24, 2.45) is 0 Å². The highest BCUT2D eigenvalue weighted by Gasteiger charge is 2.19. The fraction of sp³-hybridized carbons (Fsp3) is 0.0323. The van der Waals surface area contributed by atoms with Crippen molar-refractivity contribution in [3.05, 3.63) is 271 Å². The van der Waals surface area contributed by atoms with E-state index in [1.165, 1.54) is 38.6 Å². The van der Waals surface area contributed by atoms with Gasteiger partial charge >= 0.3 is 0 Å². The highest BCUT2D eigenvalue weighted by Crippen LogP contribution is 2.42. The van der Waals surface area contributed by atoms with E-state index in [9.17, 15) is 0 Å². The van der Waals surface area contributed by atoms with Crippen LogP contribution in [0.5, 0.6) is 0 Å². The number of anilines is 6. The first kappa shape index (κ1) is 39.3. The van der Waals surface area contributed by atoms with Crippen molar-refractivity contribution in [2.75, 3.05) is 9.80 Å². The van der Waals surface area contributed by atoms with Gasteiger partial charge in [-0.3, -0.25) is 0 Å². The lowest BCUT2D eigenvalue weighted by molar-refractivity contribution is 1.18. The number of fused-ring (bicyclic) bond motifs is 3. The van der Waals surface area contributed by atoms with E-state index in [0.717, 1.165) is 68.4 Å². The zero-order valence-electron chi connectivity index (χ0n) is 36.1. The van der Waals surface area contributed by atoms with Crippen LogP contribution in [0.1, 0.15) is 16.7 Å². The summed E-state index contributed by atoms with van der Waals surface area (Å²) in [7, 11) is 0. The summed E-state index contributed by atoms with van der Waals surface area (Å²) in [6.07, 6.45) is 0.880. The first-order valence-corrected chi connectivity index (χ1v) is 22.2. The number of hydrogen-bond donors (Lipinski definition) is 0. The largest absolute Gasteiger partial charge is 0.310 e. The minimum absolute atomic E-state index is 0.880. The molecule has 11 rings (SSSR count). The molecule has 0 radical (unpaired) electrons. The molecular formula is C62H45N3. The molecule has 0 bridgehead atoms. The van der Waals surface area contributed by atoms with Gasteiger partial charge in [-0.1, -0.05) is 152 Å². The second kappa shape index (κ2) is 17.3. The van der Waals surface area contributed by atoms with Crippen molar-refractivity contribution in [1.82, 2.24) is 4.57 Å². The van der Waals surface area contributed by atoms with Crippen LogP contribution >= 0.6 is 0 Å². The van der Waals surface area contributed by atoms with Crippen LogP contribution in [0, 0.1) is 19.1 Å². The summed E-state index contributed by atoms with van der Waals surface area (Å²) in [5.41, 5.74) is 18.7. The number of benzene rings is 9. The first-order valence-electron chi connectivity index (χ1n) is 22.2. The summed E-state index contributed by atoms with van der Waals surface area (Å²) in [6.45, 7) is 2.22. The molecule has 308 valence electrons. The highest BCUT2D eigenvalue weighted by molar-refractivity contribution is 6.10. The molecule has 3 nitrogen and oxygen atoms in total. The topological polar surface area (TPSA) is 11.4 Å². The number of para-hydroxylation sites is 3. The summed E-state index contributed by atoms with van der Waals surface area (Å²) in [6, 6.07) is 93.3. The summed E-state index contributed by atoms with van der Waals surface area (Å²) in [5.74, 6) is 0. The molecule has 3 heteroatoms. The molecule has 0 aliphatic rings. The van der Waals surface area contributed by atoms with Crippen molar-refractivity contribution >= 4 is 55.9 Å². The minimum Gasteiger partial charge on any atom is -0.310 e. The predicted molar refractivity (Wildman–Crippen MR) is 273 cm³/mol. The third kappa shape index (κ3) is 7.69. The standard InChI is InChI=1S/C62H45N3/c1-45-30-35-55(43-59(45)57-27-15-14-20-49(57)42-46-18-6-2-7-19-46)63(50-21-8-3-9-22-50)53-36-31-47(32-37-53)48-33-38-54(39-34-48)64(51-23-10-4-11-24-51)56-40-41-62-60(44-56)58-28-16-17-29-61(58)65(62)52-25-12-5-13-26-52/h2-4,6-12,14-41,43-44H,42H2,1H3. The van der Waals surface area contributed by atoms with Crippen LogP contribution < -0.4 is 9.80 Å². The predicted octanol–water partition coefficient (Wildman–Crippen LogP) is 16.6. The second-order valence-corrected chi connectivity index (χ2v) is 16.5. The number of rotatable bonds is 11. The van der Waals surface area contributed by atoms with Gasteiger partial charge in [0, 0.05) is 51.0 Å². The lowest BCUT2D eigenvalue weighted by Gasteiger charge is -2.27. The van der Waals surface area contributed by atoms with Crippen molar-refractivity contribution in [3.63, 3.8) is 0 Å². The molecule has 0 atom stereocenters. The van der Waals surface area contributed by atoms with Crippen LogP contribution in [-0.4, -0.2) is 4.57 Å². The van der Waals surface area contributed by atoms with E-state index in [-0.39, 0.29) is 0 Å². The van der Waals surface area contributed by atoms with Crippen LogP contribution in [0.4, 0.5) is 34.1 Å². The maximum Gasteiger partial charge on any atom is 0.0552 e. The van der Waals surface area contributed by atoms with E-state index >= 15 is 0 Å². The summed E-state index contributed by atoms with van der Waals surface area (Å²) < 4.78 is 2.32. The molecular weight excluding hydrogens is 787 g/mol. The Morgan fingerprint density at radius 3 is 1.57 bits per heavy atom. The van der Waals surface area contributed by atoms with Gasteiger partial charge in [-0.15, -0.1) is 0 Å². The number of aryl methyl sites for hydroxylation is 1. The molecule has 10 aromatic carbocycles. The molecule has 0 fully saturated rings. The summed E-state index contributed by atoms with van der Waals surface area (Å²) in [4.78, 5) is 4.70. The van der Waals surface area contributed by atoms with Crippen molar-refractivity contribution < 1.29 is 0 Å². The molecule has 0 saturated heterocycles. The van der Waals surface area contributed by atoms with E-state index in [1.54, 1.807) is 0 Å². The average Bonchev–Trinajstić information content (AvgIpc) is 3.70. The van der Waals surface area contributed by atoms with Gasteiger partial charge in [0.05, 0.1) is 16.7 Å². The summed E-state index contributed by atoms with van der Waals surface area (Å²) >= 11 is 0. The molecule has 1 aromatic heterocycles. The number of aromatic nitrogens is 1. The zero-order valence-corrected chi connectivity index (χ0v) is 36.1. The second-order valence-electron chi connectivity index (χ2n) is 16.5. The maximum absolute atomic E-state index is 3.15. The molecule has 1 heterocycles. The van der Waals surface area contributed by atoms with Crippen LogP contribution in [0.25, 0.3) is 49.7 Å². The Bertz CT molecular complexity index is 3380. The van der Waals surface area contributed by atoms with Gasteiger partial charge in [0.1, 0.15) is 0 Å². The van der Waals surface area contributed by atoms with E-state index in [4.69, 9.17) is 0 Å². The van der Waals surface area contributed by atoms with Gasteiger partial charge in [-0.05, 0) is 149 Å². The Kier molecular flexibility index (Phi) is 10.5. The van der Waals surface area contributed by atoms with E-state index in [0.29, 0.717) is 0 Å². The number of hydrogen-bond acceptors (Lipinski definition) is 2. The highest BCUT2D eigenvalue weighted by atomic mass is 15.1. The fourth-order valence-corrected chi connectivity index (χ4v) is 9.30. The average molecular weight is 832 g/mol. The fourth-order valence-electron chi connectivity index (χ4n) is 9.30. The number of nitrogens with zero attached hydrogens (tertiary/aromatic N) is 3. The van der Waals surface area contributed by atoms with Crippen molar-refractivity contribution in [3.8, 4) is 27.9 Å². The minimum atomic E-state index is 0.880. The molecule has 11 aromatic rings. The lowest BCUT2D eigenvalue weighted by Crippen LogP contribution is -2.10. The SMILES string of the molecule is Cc1ccc(N(c2ccccc2)c2ccc(-c3ccc(N(c4ccccc4)c4ccc5c(c4)c4ccccc4n5-c4cc#ccc4)cc3)cc2)cc1-c1ccccc1Cc1ccccc1. The molecule has 65 heavy (non-hydrogen) atoms. The molecule has 0 saturated carbocycles. The van der Waals surface area contributed by atoms with Crippen LogP contribution in [-0.2, 0) is 6.42 Å². The Labute approximate surface area is 381 Å². The van der Waals surface area contributed by atoms with Gasteiger partial charge in [-0.25, -0.2) is 0 Å². The quantitative estimate of drug-likeness (QED) is 0.129. The van der Waals surface area contributed by atoms with Gasteiger partial charge in [-0.2, -0.15) is 0 Å². The Morgan fingerprint density at radius 1 is 0.400 bits per heavy atom. The van der Waals surface area contributed by atoms with E-state index in [1.807, 2.05) is 12.1 Å². The van der Waals surface area contributed by atoms with Crippen molar-refractivity contribution in [1.29, 1.82) is 0 Å². The smallest absolute Gasteiger partial charge is 0.0552 e. The van der Waals surface area contributed by atoms with Crippen LogP contribution in [0.3, 0.4) is 0 Å². The molecule has 0 N–H and O–H groups in total. The van der Waals surface area contributed by atoms with Gasteiger partial charge < -0.3 is 14.4 Å². The first-order chi connectivity index (χ1) is 32.2. The van der Waals surface area contributed by atoms with Crippen molar-refractivity contribution in [2.45, 2.75) is 13.3 Å². The Hall–Kier alpha value is -8.58. The molecule has 0 spiro atoms. The summed E-state index contributed by atoms with van der Waals surface area (Å²) in [5, 5.41) is 2.41. The maximum atomic E-state index is 3.15. The molecule has 0 unspecified atom stereocenters. The van der Waals surface area contributed by atoms with E-state index in [2.05, 4.69) is 264 Å². The van der Waals surface area contributed by atoms with Gasteiger partial charge in [0.2, 0.25) is 0 Å². The Balaban J connectivity index is 0.928.